The molecule has 0 spiro atoms. The summed E-state index contributed by atoms with van der Waals surface area (Å²) in [6.07, 6.45) is -4.36. The van der Waals surface area contributed by atoms with Gasteiger partial charge in [0.1, 0.15) is 0 Å². The third-order valence-corrected chi connectivity index (χ3v) is 8.43. The molecule has 1 aromatic heterocycles. The number of thioether (sulfide) groups is 1. The maximum atomic E-state index is 12.9. The molecular weight excluding hydrogens is 505 g/mol. The number of thiophene rings is 1. The summed E-state index contributed by atoms with van der Waals surface area (Å²) < 4.78 is 38.8. The number of rotatable bonds is 8. The SMILES string of the molecule is Cc1cc(SC(c2ccc(C(=O)NCC(=N)N=N)s2)C(C)C)cc(C)c1-c1ccc(C(F)(F)F)cc1. The van der Waals surface area contributed by atoms with Crippen molar-refractivity contribution in [3.63, 3.8) is 0 Å². The second kappa shape index (κ2) is 11.4. The second-order valence-corrected chi connectivity index (χ2v) is 11.1. The van der Waals surface area contributed by atoms with E-state index in [2.05, 4.69) is 36.4 Å². The number of nitrogens with one attached hydrogen (secondary N) is 3. The monoisotopic (exact) mass is 532 g/mol. The molecule has 5 nitrogen and oxygen atoms in total. The van der Waals surface area contributed by atoms with E-state index in [9.17, 15) is 18.0 Å². The summed E-state index contributed by atoms with van der Waals surface area (Å²) in [6.45, 7) is 8.06. The predicted octanol–water partition coefficient (Wildman–Crippen LogP) is 8.28. The molecule has 3 aromatic rings. The maximum absolute atomic E-state index is 12.9. The Balaban J connectivity index is 1.82. The number of amides is 1. The van der Waals surface area contributed by atoms with E-state index in [0.717, 1.165) is 44.2 Å². The summed E-state index contributed by atoms with van der Waals surface area (Å²) >= 11 is 3.09. The van der Waals surface area contributed by atoms with Gasteiger partial charge in [-0.05, 0) is 78.4 Å². The van der Waals surface area contributed by atoms with Crippen LogP contribution in [-0.4, -0.2) is 18.3 Å². The Bertz CT molecular complexity index is 1240. The Hall–Kier alpha value is -2.98. The summed E-state index contributed by atoms with van der Waals surface area (Å²) in [5, 5.41) is 13.0. The number of nitrogens with zero attached hydrogens (tertiary/aromatic N) is 1. The van der Waals surface area contributed by atoms with Crippen molar-refractivity contribution in [2.45, 2.75) is 44.0 Å². The largest absolute Gasteiger partial charge is 0.416 e. The highest BCUT2D eigenvalue weighted by atomic mass is 32.2. The van der Waals surface area contributed by atoms with Gasteiger partial charge in [-0.1, -0.05) is 26.0 Å². The number of aryl methyl sites for hydroxylation is 2. The smallest absolute Gasteiger partial charge is 0.344 e. The normalized spacial score (nSPS) is 12.4. The Labute approximate surface area is 216 Å². The zero-order valence-electron chi connectivity index (χ0n) is 20.3. The molecule has 2 aromatic carbocycles. The number of carbonyl (C=O) groups is 1. The third kappa shape index (κ3) is 6.61. The van der Waals surface area contributed by atoms with Gasteiger partial charge in [-0.3, -0.25) is 10.2 Å². The third-order valence-electron chi connectivity index (χ3n) is 5.56. The summed E-state index contributed by atoms with van der Waals surface area (Å²) in [5.74, 6) is -0.254. The lowest BCUT2D eigenvalue weighted by molar-refractivity contribution is -0.137. The van der Waals surface area contributed by atoms with Crippen LogP contribution >= 0.6 is 23.1 Å². The highest BCUT2D eigenvalue weighted by Gasteiger charge is 2.30. The average molecular weight is 533 g/mol. The van der Waals surface area contributed by atoms with Crippen LogP contribution in [0, 0.1) is 30.7 Å². The van der Waals surface area contributed by atoms with Gasteiger partial charge >= 0.3 is 6.18 Å². The highest BCUT2D eigenvalue weighted by Crippen LogP contribution is 2.45. The van der Waals surface area contributed by atoms with E-state index < -0.39 is 11.7 Å². The molecule has 36 heavy (non-hydrogen) atoms. The van der Waals surface area contributed by atoms with Crippen LogP contribution in [0.3, 0.4) is 0 Å². The van der Waals surface area contributed by atoms with Gasteiger partial charge in [0.05, 0.1) is 17.0 Å². The first-order valence-corrected chi connectivity index (χ1v) is 12.9. The number of hydrogen-bond donors (Lipinski definition) is 3. The van der Waals surface area contributed by atoms with Gasteiger partial charge in [0, 0.05) is 15.0 Å². The first-order chi connectivity index (χ1) is 16.9. The van der Waals surface area contributed by atoms with Gasteiger partial charge in [-0.25, -0.2) is 5.53 Å². The fourth-order valence-corrected chi connectivity index (χ4v) is 6.48. The van der Waals surface area contributed by atoms with Crippen molar-refractivity contribution in [3.8, 4) is 11.1 Å². The van der Waals surface area contributed by atoms with Gasteiger partial charge in [-0.15, -0.1) is 28.2 Å². The lowest BCUT2D eigenvalue weighted by atomic mass is 9.95. The van der Waals surface area contributed by atoms with E-state index in [1.807, 2.05) is 19.9 Å². The molecule has 1 amide bonds. The molecule has 3 N–H and O–H groups in total. The van der Waals surface area contributed by atoms with Crippen LogP contribution < -0.4 is 5.32 Å². The molecule has 1 heterocycles. The fraction of sp³-hybridized carbons (Fsp3) is 0.308. The Morgan fingerprint density at radius 1 is 1.08 bits per heavy atom. The second-order valence-electron chi connectivity index (χ2n) is 8.73. The number of hydrogen-bond acceptors (Lipinski definition) is 5. The van der Waals surface area contributed by atoms with E-state index in [1.165, 1.54) is 23.5 Å². The van der Waals surface area contributed by atoms with Crippen LogP contribution in [0.2, 0.25) is 0 Å². The minimum absolute atomic E-state index is 0.0915. The van der Waals surface area contributed by atoms with Crippen molar-refractivity contribution in [2.75, 3.05) is 6.54 Å². The highest BCUT2D eigenvalue weighted by molar-refractivity contribution is 7.99. The lowest BCUT2D eigenvalue weighted by Crippen LogP contribution is -2.27. The molecule has 1 unspecified atom stereocenters. The minimum atomic E-state index is -4.36. The van der Waals surface area contributed by atoms with E-state index in [1.54, 1.807) is 17.8 Å². The molecule has 0 aliphatic heterocycles. The Kier molecular flexibility index (Phi) is 8.73. The molecule has 0 radical (unpaired) electrons. The summed E-state index contributed by atoms with van der Waals surface area (Å²) in [6, 6.07) is 13.1. The number of amidine groups is 1. The Morgan fingerprint density at radius 3 is 2.22 bits per heavy atom. The van der Waals surface area contributed by atoms with Crippen LogP contribution in [0.5, 0.6) is 0 Å². The van der Waals surface area contributed by atoms with E-state index >= 15 is 0 Å². The van der Waals surface area contributed by atoms with Crippen molar-refractivity contribution >= 4 is 34.8 Å². The molecule has 0 bridgehead atoms. The lowest BCUT2D eigenvalue weighted by Gasteiger charge is -2.21. The van der Waals surface area contributed by atoms with Crippen LogP contribution in [0.4, 0.5) is 13.2 Å². The van der Waals surface area contributed by atoms with Gasteiger partial charge in [0.15, 0.2) is 5.84 Å². The van der Waals surface area contributed by atoms with E-state index in [4.69, 9.17) is 10.9 Å². The summed E-state index contributed by atoms with van der Waals surface area (Å²) in [7, 11) is 0. The molecule has 0 aliphatic rings. The average Bonchev–Trinajstić information content (AvgIpc) is 3.30. The van der Waals surface area contributed by atoms with E-state index in [0.29, 0.717) is 4.88 Å². The Morgan fingerprint density at radius 2 is 1.69 bits per heavy atom. The van der Waals surface area contributed by atoms with Crippen LogP contribution in [0.15, 0.2) is 58.5 Å². The topological polar surface area (TPSA) is 89.2 Å². The molecule has 0 saturated carbocycles. The van der Waals surface area contributed by atoms with Crippen molar-refractivity contribution in [2.24, 2.45) is 11.0 Å². The summed E-state index contributed by atoms with van der Waals surface area (Å²) in [4.78, 5) is 15.0. The zero-order valence-corrected chi connectivity index (χ0v) is 21.9. The first kappa shape index (κ1) is 27.6. The van der Waals surface area contributed by atoms with Gasteiger partial charge in [0.2, 0.25) is 0 Å². The minimum Gasteiger partial charge on any atom is -0.344 e. The maximum Gasteiger partial charge on any atom is 0.416 e. The molecule has 190 valence electrons. The van der Waals surface area contributed by atoms with Gasteiger partial charge < -0.3 is 5.32 Å². The van der Waals surface area contributed by atoms with Crippen molar-refractivity contribution in [1.82, 2.24) is 5.32 Å². The fourth-order valence-electron chi connectivity index (χ4n) is 3.86. The molecular formula is C26H27F3N4OS2. The van der Waals surface area contributed by atoms with Gasteiger partial charge in [0.25, 0.3) is 5.91 Å². The molecule has 0 aliphatic carbocycles. The quantitative estimate of drug-likeness (QED) is 0.118. The van der Waals surface area contributed by atoms with Crippen LogP contribution in [-0.2, 0) is 6.18 Å². The number of carbonyl (C=O) groups excluding carboxylic acids is 1. The molecule has 3 rings (SSSR count). The van der Waals surface area contributed by atoms with Crippen molar-refractivity contribution < 1.29 is 18.0 Å². The van der Waals surface area contributed by atoms with Crippen LogP contribution in [0.25, 0.3) is 11.1 Å². The predicted molar refractivity (Wildman–Crippen MR) is 139 cm³/mol. The zero-order chi connectivity index (χ0) is 26.6. The molecule has 10 heteroatoms. The van der Waals surface area contributed by atoms with Crippen molar-refractivity contribution in [1.29, 1.82) is 10.9 Å². The molecule has 0 fully saturated rings. The molecule has 1 atom stereocenters. The first-order valence-electron chi connectivity index (χ1n) is 11.2. The van der Waals surface area contributed by atoms with Crippen molar-refractivity contribution in [3.05, 3.63) is 75.0 Å². The molecule has 0 saturated heterocycles. The summed E-state index contributed by atoms with van der Waals surface area (Å²) in [5.41, 5.74) is 9.77. The number of halogens is 3. The number of alkyl halides is 3. The van der Waals surface area contributed by atoms with Crippen LogP contribution in [0.1, 0.15) is 50.3 Å². The van der Waals surface area contributed by atoms with E-state index in [-0.39, 0.29) is 29.5 Å². The standard InChI is InChI=1S/C26H27F3N4OS2/c1-14(2)24(20-9-10-21(36-20)25(34)32-13-22(30)33-31)35-19-11-15(3)23(16(4)12-19)17-5-7-18(8-6-17)26(27,28)29/h5-12,14,24,30-31H,13H2,1-4H3,(H,32,34). The van der Waals surface area contributed by atoms with Gasteiger partial charge in [-0.2, -0.15) is 13.2 Å². The number of benzene rings is 2.